The number of esters is 1. The standard InChI is InChI=1S/C7H8N2O2S2/c1-4-8-9-7(12-4)13-5-2-3-11-6(5)10/h5H,2-3H2,1H3. The summed E-state index contributed by atoms with van der Waals surface area (Å²) in [5.74, 6) is -0.127. The van der Waals surface area contributed by atoms with Crippen LogP contribution in [0, 0.1) is 6.92 Å². The van der Waals surface area contributed by atoms with Gasteiger partial charge in [-0.05, 0) is 6.92 Å². The van der Waals surface area contributed by atoms with E-state index >= 15 is 0 Å². The van der Waals surface area contributed by atoms with Gasteiger partial charge in [-0.15, -0.1) is 10.2 Å². The summed E-state index contributed by atoms with van der Waals surface area (Å²) < 4.78 is 5.69. The lowest BCUT2D eigenvalue weighted by Gasteiger charge is -1.99. The van der Waals surface area contributed by atoms with Crippen LogP contribution in [0.2, 0.25) is 0 Å². The second kappa shape index (κ2) is 3.63. The zero-order valence-corrected chi connectivity index (χ0v) is 8.65. The molecule has 1 atom stereocenters. The first-order valence-electron chi connectivity index (χ1n) is 3.89. The number of aryl methyl sites for hydroxylation is 1. The van der Waals surface area contributed by atoms with Crippen LogP contribution in [0.1, 0.15) is 11.4 Å². The van der Waals surface area contributed by atoms with Gasteiger partial charge in [-0.1, -0.05) is 23.1 Å². The Morgan fingerprint density at radius 2 is 2.46 bits per heavy atom. The molecule has 0 spiro atoms. The largest absolute Gasteiger partial charge is 0.465 e. The van der Waals surface area contributed by atoms with Gasteiger partial charge in [-0.25, -0.2) is 0 Å². The first-order chi connectivity index (χ1) is 6.25. The second-order valence-corrected chi connectivity index (χ2v) is 5.28. The van der Waals surface area contributed by atoms with E-state index in [1.807, 2.05) is 6.92 Å². The quantitative estimate of drug-likeness (QED) is 0.696. The van der Waals surface area contributed by atoms with E-state index in [9.17, 15) is 4.79 Å². The van der Waals surface area contributed by atoms with Gasteiger partial charge in [-0.3, -0.25) is 4.79 Å². The zero-order chi connectivity index (χ0) is 9.26. The molecule has 0 bridgehead atoms. The SMILES string of the molecule is Cc1nnc(SC2CCOC2=O)s1. The van der Waals surface area contributed by atoms with Crippen LogP contribution >= 0.6 is 23.1 Å². The monoisotopic (exact) mass is 216 g/mol. The van der Waals surface area contributed by atoms with Crippen molar-refractivity contribution in [2.24, 2.45) is 0 Å². The second-order valence-electron chi connectivity index (χ2n) is 2.65. The normalized spacial score (nSPS) is 21.9. The molecule has 6 heteroatoms. The summed E-state index contributed by atoms with van der Waals surface area (Å²) in [5, 5.41) is 8.67. The summed E-state index contributed by atoms with van der Waals surface area (Å²) in [6.45, 7) is 2.43. The zero-order valence-electron chi connectivity index (χ0n) is 7.02. The highest BCUT2D eigenvalue weighted by Crippen LogP contribution is 2.31. The van der Waals surface area contributed by atoms with Crippen molar-refractivity contribution in [2.75, 3.05) is 6.61 Å². The van der Waals surface area contributed by atoms with E-state index in [0.717, 1.165) is 15.8 Å². The summed E-state index contributed by atoms with van der Waals surface area (Å²) in [5.41, 5.74) is 0. The minimum atomic E-state index is -0.127. The number of hydrogen-bond acceptors (Lipinski definition) is 6. The Bertz CT molecular complexity index is 326. The Morgan fingerprint density at radius 1 is 1.62 bits per heavy atom. The van der Waals surface area contributed by atoms with Crippen molar-refractivity contribution < 1.29 is 9.53 Å². The van der Waals surface area contributed by atoms with Crippen LogP contribution in [-0.2, 0) is 9.53 Å². The van der Waals surface area contributed by atoms with Gasteiger partial charge in [0.2, 0.25) is 0 Å². The van der Waals surface area contributed by atoms with Gasteiger partial charge in [0.05, 0.1) is 6.61 Å². The maximum atomic E-state index is 11.1. The maximum Gasteiger partial charge on any atom is 0.319 e. The summed E-state index contributed by atoms with van der Waals surface area (Å²) in [6.07, 6.45) is 0.780. The molecule has 13 heavy (non-hydrogen) atoms. The van der Waals surface area contributed by atoms with Crippen molar-refractivity contribution in [1.82, 2.24) is 10.2 Å². The third kappa shape index (κ3) is 2.00. The molecule has 70 valence electrons. The predicted molar refractivity (Wildman–Crippen MR) is 49.9 cm³/mol. The van der Waals surface area contributed by atoms with Gasteiger partial charge in [0.15, 0.2) is 4.34 Å². The molecule has 0 aromatic carbocycles. The van der Waals surface area contributed by atoms with Gasteiger partial charge < -0.3 is 4.74 Å². The van der Waals surface area contributed by atoms with Crippen molar-refractivity contribution in [3.8, 4) is 0 Å². The van der Waals surface area contributed by atoms with E-state index in [1.54, 1.807) is 0 Å². The van der Waals surface area contributed by atoms with E-state index in [0.29, 0.717) is 6.61 Å². The van der Waals surface area contributed by atoms with E-state index in [-0.39, 0.29) is 11.2 Å². The first kappa shape index (κ1) is 8.96. The average molecular weight is 216 g/mol. The molecule has 0 amide bonds. The fourth-order valence-electron chi connectivity index (χ4n) is 1.03. The molecule has 1 aliphatic rings. The fraction of sp³-hybridized carbons (Fsp3) is 0.571. The predicted octanol–water partition coefficient (Wildman–Crippen LogP) is 1.25. The minimum absolute atomic E-state index is 0.0765. The van der Waals surface area contributed by atoms with Crippen LogP contribution in [0.3, 0.4) is 0 Å². The van der Waals surface area contributed by atoms with E-state index in [2.05, 4.69) is 10.2 Å². The Morgan fingerprint density at radius 3 is 3.00 bits per heavy atom. The molecule has 1 saturated heterocycles. The van der Waals surface area contributed by atoms with Crippen LogP contribution in [0.25, 0.3) is 0 Å². The molecule has 1 unspecified atom stereocenters. The molecular weight excluding hydrogens is 208 g/mol. The number of thioether (sulfide) groups is 1. The van der Waals surface area contributed by atoms with Gasteiger partial charge in [0, 0.05) is 6.42 Å². The van der Waals surface area contributed by atoms with Crippen LogP contribution in [0.4, 0.5) is 0 Å². The van der Waals surface area contributed by atoms with Crippen molar-refractivity contribution >= 4 is 29.1 Å². The lowest BCUT2D eigenvalue weighted by molar-refractivity contribution is -0.137. The molecule has 0 saturated carbocycles. The molecule has 1 aromatic rings. The summed E-state index contributed by atoms with van der Waals surface area (Å²) in [4.78, 5) is 11.1. The molecule has 2 rings (SSSR count). The van der Waals surface area contributed by atoms with Gasteiger partial charge in [-0.2, -0.15) is 0 Å². The lowest BCUT2D eigenvalue weighted by atomic mass is 10.4. The smallest absolute Gasteiger partial charge is 0.319 e. The molecule has 1 fully saturated rings. The third-order valence-corrected chi connectivity index (χ3v) is 3.81. The summed E-state index contributed by atoms with van der Waals surface area (Å²) in [7, 11) is 0. The number of carbonyl (C=O) groups excluding carboxylic acids is 1. The van der Waals surface area contributed by atoms with Gasteiger partial charge in [0.25, 0.3) is 0 Å². The third-order valence-electron chi connectivity index (χ3n) is 1.64. The molecule has 1 aliphatic heterocycles. The van der Waals surface area contributed by atoms with E-state index < -0.39 is 0 Å². The molecule has 1 aromatic heterocycles. The average Bonchev–Trinajstić information content (AvgIpc) is 2.64. The number of carbonyl (C=O) groups is 1. The number of ether oxygens (including phenoxy) is 1. The Kier molecular flexibility index (Phi) is 2.50. The van der Waals surface area contributed by atoms with Crippen LogP contribution in [-0.4, -0.2) is 28.0 Å². The minimum Gasteiger partial charge on any atom is -0.465 e. The fourth-order valence-corrected chi connectivity index (χ4v) is 3.06. The Labute approximate surface area is 83.7 Å². The number of nitrogens with zero attached hydrogens (tertiary/aromatic N) is 2. The Hall–Kier alpha value is -0.620. The van der Waals surface area contributed by atoms with Crippen LogP contribution in [0.5, 0.6) is 0 Å². The van der Waals surface area contributed by atoms with Crippen LogP contribution in [0.15, 0.2) is 4.34 Å². The van der Waals surface area contributed by atoms with Crippen LogP contribution < -0.4 is 0 Å². The molecule has 0 radical (unpaired) electrons. The first-order valence-corrected chi connectivity index (χ1v) is 5.59. The van der Waals surface area contributed by atoms with Gasteiger partial charge >= 0.3 is 5.97 Å². The van der Waals surface area contributed by atoms with Crippen molar-refractivity contribution in [3.63, 3.8) is 0 Å². The topological polar surface area (TPSA) is 52.1 Å². The van der Waals surface area contributed by atoms with Crippen molar-refractivity contribution in [1.29, 1.82) is 0 Å². The molecule has 4 nitrogen and oxygen atoms in total. The van der Waals surface area contributed by atoms with E-state index in [4.69, 9.17) is 4.74 Å². The van der Waals surface area contributed by atoms with Crippen molar-refractivity contribution in [2.45, 2.75) is 22.9 Å². The van der Waals surface area contributed by atoms with E-state index in [1.165, 1.54) is 23.1 Å². The number of hydrogen-bond donors (Lipinski definition) is 0. The number of cyclic esters (lactones) is 1. The summed E-state index contributed by atoms with van der Waals surface area (Å²) in [6, 6.07) is 0. The molecule has 0 aliphatic carbocycles. The molecule has 2 heterocycles. The number of rotatable bonds is 2. The highest BCUT2D eigenvalue weighted by molar-refractivity contribution is 8.02. The Balaban J connectivity index is 2.01. The number of aromatic nitrogens is 2. The highest BCUT2D eigenvalue weighted by atomic mass is 32.2. The summed E-state index contributed by atoms with van der Waals surface area (Å²) >= 11 is 2.96. The lowest BCUT2D eigenvalue weighted by Crippen LogP contribution is -2.08. The van der Waals surface area contributed by atoms with Crippen molar-refractivity contribution in [3.05, 3.63) is 5.01 Å². The van der Waals surface area contributed by atoms with Gasteiger partial charge in [0.1, 0.15) is 10.3 Å². The highest BCUT2D eigenvalue weighted by Gasteiger charge is 2.28. The maximum absolute atomic E-state index is 11.1. The molecule has 0 N–H and O–H groups in total. The molecular formula is C7H8N2O2S2.